The van der Waals surface area contributed by atoms with Gasteiger partial charge in [-0.1, -0.05) is 11.6 Å². The lowest BCUT2D eigenvalue weighted by Gasteiger charge is -2.11. The van der Waals surface area contributed by atoms with E-state index < -0.39 is 0 Å². The molecular formula is C18H19ClN2O5S. The van der Waals surface area contributed by atoms with Crippen LogP contribution in [-0.2, 0) is 27.2 Å². The summed E-state index contributed by atoms with van der Waals surface area (Å²) in [6, 6.07) is 3.46. The molecule has 0 saturated heterocycles. The summed E-state index contributed by atoms with van der Waals surface area (Å²) in [6.07, 6.45) is 0.972. The van der Waals surface area contributed by atoms with Crippen LogP contribution in [0.4, 0.5) is 5.13 Å². The number of esters is 1. The van der Waals surface area contributed by atoms with Gasteiger partial charge in [0.1, 0.15) is 0 Å². The number of hydrogen-bond donors (Lipinski definition) is 1. The minimum Gasteiger partial charge on any atom is -0.489 e. The van der Waals surface area contributed by atoms with Crippen molar-refractivity contribution in [1.82, 2.24) is 4.98 Å². The summed E-state index contributed by atoms with van der Waals surface area (Å²) in [5.74, 6) is 0.482. The Kier molecular flexibility index (Phi) is 6.52. The van der Waals surface area contributed by atoms with Crippen molar-refractivity contribution < 1.29 is 23.8 Å². The maximum absolute atomic E-state index is 12.3. The van der Waals surface area contributed by atoms with Crippen LogP contribution < -0.4 is 14.8 Å². The van der Waals surface area contributed by atoms with Gasteiger partial charge in [-0.05, 0) is 24.6 Å². The zero-order valence-corrected chi connectivity index (χ0v) is 16.3. The highest BCUT2D eigenvalue weighted by atomic mass is 35.5. The SMILES string of the molecule is CCOC(=O)Cc1csc(NC(=O)Cc2cc(Cl)c3c(c2)OCCCO3)n1. The lowest BCUT2D eigenvalue weighted by molar-refractivity contribution is -0.142. The zero-order chi connectivity index (χ0) is 19.2. The Morgan fingerprint density at radius 3 is 2.93 bits per heavy atom. The highest BCUT2D eigenvalue weighted by Crippen LogP contribution is 2.38. The van der Waals surface area contributed by atoms with Crippen LogP contribution in [0.3, 0.4) is 0 Å². The van der Waals surface area contributed by atoms with Crippen molar-refractivity contribution in [3.63, 3.8) is 0 Å². The van der Waals surface area contributed by atoms with Crippen LogP contribution >= 0.6 is 22.9 Å². The largest absolute Gasteiger partial charge is 0.489 e. The van der Waals surface area contributed by atoms with Crippen molar-refractivity contribution in [2.75, 3.05) is 25.1 Å². The van der Waals surface area contributed by atoms with Gasteiger partial charge in [-0.25, -0.2) is 4.98 Å². The third-order valence-electron chi connectivity index (χ3n) is 3.66. The Labute approximate surface area is 165 Å². The van der Waals surface area contributed by atoms with Crippen molar-refractivity contribution in [2.45, 2.75) is 26.2 Å². The van der Waals surface area contributed by atoms with Crippen LogP contribution in [-0.4, -0.2) is 36.7 Å². The summed E-state index contributed by atoms with van der Waals surface area (Å²) >= 11 is 7.51. The second-order valence-electron chi connectivity index (χ2n) is 5.81. The van der Waals surface area contributed by atoms with E-state index in [-0.39, 0.29) is 24.7 Å². The van der Waals surface area contributed by atoms with E-state index in [4.69, 9.17) is 25.8 Å². The molecule has 0 saturated carbocycles. The molecule has 0 unspecified atom stereocenters. The Morgan fingerprint density at radius 1 is 1.30 bits per heavy atom. The minimum atomic E-state index is -0.345. The molecule has 1 amide bonds. The van der Waals surface area contributed by atoms with Crippen molar-refractivity contribution in [3.05, 3.63) is 33.8 Å². The molecule has 0 atom stereocenters. The summed E-state index contributed by atoms with van der Waals surface area (Å²) < 4.78 is 16.1. The first-order valence-corrected chi connectivity index (χ1v) is 9.78. The zero-order valence-electron chi connectivity index (χ0n) is 14.7. The number of fused-ring (bicyclic) bond motifs is 1. The monoisotopic (exact) mass is 410 g/mol. The minimum absolute atomic E-state index is 0.0813. The predicted molar refractivity (Wildman–Crippen MR) is 102 cm³/mol. The molecule has 0 radical (unpaired) electrons. The molecule has 9 heteroatoms. The molecule has 1 aromatic heterocycles. The Balaban J connectivity index is 1.61. The molecule has 1 aromatic carbocycles. The first kappa shape index (κ1) is 19.4. The molecule has 2 heterocycles. The highest BCUT2D eigenvalue weighted by molar-refractivity contribution is 7.13. The van der Waals surface area contributed by atoms with Gasteiger partial charge < -0.3 is 19.5 Å². The number of carbonyl (C=O) groups is 2. The molecule has 0 fully saturated rings. The summed E-state index contributed by atoms with van der Waals surface area (Å²) in [5, 5.41) is 5.30. The number of benzene rings is 1. The van der Waals surface area contributed by atoms with E-state index in [1.165, 1.54) is 11.3 Å². The van der Waals surface area contributed by atoms with E-state index in [9.17, 15) is 9.59 Å². The number of anilines is 1. The molecule has 0 aliphatic carbocycles. The normalized spacial score (nSPS) is 13.0. The second kappa shape index (κ2) is 9.05. The molecule has 2 aromatic rings. The van der Waals surface area contributed by atoms with E-state index in [1.54, 1.807) is 24.4 Å². The fraction of sp³-hybridized carbons (Fsp3) is 0.389. The van der Waals surface area contributed by atoms with E-state index in [0.717, 1.165) is 6.42 Å². The number of nitrogens with one attached hydrogen (secondary N) is 1. The van der Waals surface area contributed by atoms with Crippen LogP contribution in [0, 0.1) is 0 Å². The number of halogens is 1. The van der Waals surface area contributed by atoms with Crippen LogP contribution in [0.1, 0.15) is 24.6 Å². The number of amides is 1. The van der Waals surface area contributed by atoms with Crippen LogP contribution in [0.5, 0.6) is 11.5 Å². The number of rotatable bonds is 6. The van der Waals surface area contributed by atoms with Gasteiger partial charge in [0.2, 0.25) is 5.91 Å². The van der Waals surface area contributed by atoms with Gasteiger partial charge in [-0.15, -0.1) is 11.3 Å². The van der Waals surface area contributed by atoms with Gasteiger partial charge in [0.25, 0.3) is 0 Å². The molecule has 3 rings (SSSR count). The fourth-order valence-electron chi connectivity index (χ4n) is 2.54. The molecule has 144 valence electrons. The predicted octanol–water partition coefficient (Wildman–Crippen LogP) is 3.24. The Hall–Kier alpha value is -2.32. The van der Waals surface area contributed by atoms with E-state index in [2.05, 4.69) is 10.3 Å². The smallest absolute Gasteiger partial charge is 0.311 e. The van der Waals surface area contributed by atoms with E-state index in [0.29, 0.717) is 52.7 Å². The van der Waals surface area contributed by atoms with Gasteiger partial charge >= 0.3 is 5.97 Å². The van der Waals surface area contributed by atoms with E-state index in [1.807, 2.05) is 0 Å². The summed E-state index contributed by atoms with van der Waals surface area (Å²) in [4.78, 5) is 28.0. The number of nitrogens with zero attached hydrogens (tertiary/aromatic N) is 1. The number of aromatic nitrogens is 1. The standard InChI is InChI=1S/C18H19ClN2O5S/c1-2-24-16(23)9-12-10-27-18(20-12)21-15(22)8-11-6-13(19)17-14(7-11)25-4-3-5-26-17/h6-7,10H,2-5,8-9H2,1H3,(H,20,21,22). The molecule has 27 heavy (non-hydrogen) atoms. The van der Waals surface area contributed by atoms with E-state index >= 15 is 0 Å². The van der Waals surface area contributed by atoms with Crippen molar-refractivity contribution >= 4 is 39.9 Å². The van der Waals surface area contributed by atoms with Crippen molar-refractivity contribution in [3.8, 4) is 11.5 Å². The number of ether oxygens (including phenoxy) is 3. The Bertz CT molecular complexity index is 839. The lowest BCUT2D eigenvalue weighted by atomic mass is 10.1. The fourth-order valence-corrected chi connectivity index (χ4v) is 3.55. The van der Waals surface area contributed by atoms with Gasteiger partial charge in [-0.2, -0.15) is 0 Å². The van der Waals surface area contributed by atoms with Crippen molar-refractivity contribution in [1.29, 1.82) is 0 Å². The van der Waals surface area contributed by atoms with Gasteiger partial charge in [0.15, 0.2) is 16.6 Å². The number of hydrogen-bond acceptors (Lipinski definition) is 7. The van der Waals surface area contributed by atoms with Gasteiger partial charge in [0, 0.05) is 11.8 Å². The molecule has 0 bridgehead atoms. The summed E-state index contributed by atoms with van der Waals surface area (Å²) in [7, 11) is 0. The van der Waals surface area contributed by atoms with Crippen molar-refractivity contribution in [2.24, 2.45) is 0 Å². The molecule has 1 N–H and O–H groups in total. The molecular weight excluding hydrogens is 392 g/mol. The first-order chi connectivity index (χ1) is 13.0. The average Bonchev–Trinajstić information content (AvgIpc) is 2.89. The molecule has 7 nitrogen and oxygen atoms in total. The Morgan fingerprint density at radius 2 is 2.11 bits per heavy atom. The maximum atomic E-state index is 12.3. The first-order valence-electron chi connectivity index (χ1n) is 8.53. The third-order valence-corrected chi connectivity index (χ3v) is 4.74. The topological polar surface area (TPSA) is 86.8 Å². The van der Waals surface area contributed by atoms with Gasteiger partial charge in [-0.3, -0.25) is 9.59 Å². The van der Waals surface area contributed by atoms with Crippen LogP contribution in [0.2, 0.25) is 5.02 Å². The maximum Gasteiger partial charge on any atom is 0.311 e. The average molecular weight is 411 g/mol. The van der Waals surface area contributed by atoms with Crippen LogP contribution in [0.25, 0.3) is 0 Å². The lowest BCUT2D eigenvalue weighted by Crippen LogP contribution is -2.14. The molecule has 0 spiro atoms. The number of carbonyl (C=O) groups excluding carboxylic acids is 2. The molecule has 1 aliphatic heterocycles. The third kappa shape index (κ3) is 5.33. The second-order valence-corrected chi connectivity index (χ2v) is 7.07. The van der Waals surface area contributed by atoms with Crippen LogP contribution in [0.15, 0.2) is 17.5 Å². The van der Waals surface area contributed by atoms with Gasteiger partial charge in [0.05, 0.1) is 43.4 Å². The quantitative estimate of drug-likeness (QED) is 0.735. The number of thiazole rings is 1. The summed E-state index contributed by atoms with van der Waals surface area (Å²) in [5.41, 5.74) is 1.28. The highest BCUT2D eigenvalue weighted by Gasteiger charge is 2.17. The molecule has 1 aliphatic rings. The summed E-state index contributed by atoms with van der Waals surface area (Å²) in [6.45, 7) is 3.16.